The maximum Gasteiger partial charge on any atom is 0.123 e. The first-order chi connectivity index (χ1) is 10.1. The third-order valence-corrected chi connectivity index (χ3v) is 3.50. The van der Waals surface area contributed by atoms with E-state index in [-0.39, 0.29) is 17.9 Å². The normalized spacial score (nSPS) is 15.4. The number of benzene rings is 1. The molecule has 0 saturated heterocycles. The molecule has 3 atom stereocenters. The molecule has 0 fully saturated rings. The Bertz CT molecular complexity index is 544. The molecule has 3 nitrogen and oxygen atoms in total. The quantitative estimate of drug-likeness (QED) is 0.856. The minimum atomic E-state index is -0.607. The molecule has 3 unspecified atom stereocenters. The van der Waals surface area contributed by atoms with Crippen LogP contribution >= 0.6 is 0 Å². The van der Waals surface area contributed by atoms with Crippen molar-refractivity contribution in [1.82, 2.24) is 10.3 Å². The van der Waals surface area contributed by atoms with E-state index in [2.05, 4.69) is 10.3 Å². The van der Waals surface area contributed by atoms with Crippen LogP contribution in [0.15, 0.2) is 48.7 Å². The zero-order valence-electron chi connectivity index (χ0n) is 12.3. The van der Waals surface area contributed by atoms with Crippen LogP contribution in [0.4, 0.5) is 4.39 Å². The molecule has 0 radical (unpaired) electrons. The van der Waals surface area contributed by atoms with Gasteiger partial charge in [-0.2, -0.15) is 0 Å². The second kappa shape index (κ2) is 7.29. The minimum absolute atomic E-state index is 0.113. The van der Waals surface area contributed by atoms with Crippen molar-refractivity contribution in [2.45, 2.75) is 38.5 Å². The largest absolute Gasteiger partial charge is 0.388 e. The maximum absolute atomic E-state index is 12.9. The highest BCUT2D eigenvalue weighted by Gasteiger charge is 2.15. The van der Waals surface area contributed by atoms with Crippen LogP contribution in [0.2, 0.25) is 0 Å². The predicted molar refractivity (Wildman–Crippen MR) is 81.2 cm³/mol. The van der Waals surface area contributed by atoms with Gasteiger partial charge in [-0.25, -0.2) is 4.39 Å². The average molecular weight is 288 g/mol. The lowest BCUT2D eigenvalue weighted by Gasteiger charge is -2.22. The smallest absolute Gasteiger partial charge is 0.123 e. The van der Waals surface area contributed by atoms with E-state index in [1.165, 1.54) is 12.1 Å². The van der Waals surface area contributed by atoms with Crippen molar-refractivity contribution in [3.05, 3.63) is 65.7 Å². The van der Waals surface area contributed by atoms with E-state index in [4.69, 9.17) is 0 Å². The lowest BCUT2D eigenvalue weighted by Crippen LogP contribution is -2.30. The molecule has 2 aromatic rings. The fraction of sp³-hybridized carbons (Fsp3) is 0.353. The molecule has 1 aromatic heterocycles. The van der Waals surface area contributed by atoms with Crippen molar-refractivity contribution in [2.24, 2.45) is 0 Å². The van der Waals surface area contributed by atoms with Gasteiger partial charge in [-0.05, 0) is 50.1 Å². The first-order valence-corrected chi connectivity index (χ1v) is 7.16. The Labute approximate surface area is 124 Å². The second-order valence-electron chi connectivity index (χ2n) is 5.35. The van der Waals surface area contributed by atoms with Crippen LogP contribution in [0.25, 0.3) is 0 Å². The van der Waals surface area contributed by atoms with Gasteiger partial charge in [-0.15, -0.1) is 0 Å². The number of pyridine rings is 1. The fourth-order valence-corrected chi connectivity index (χ4v) is 2.37. The van der Waals surface area contributed by atoms with E-state index < -0.39 is 6.10 Å². The number of aromatic nitrogens is 1. The Morgan fingerprint density at radius 2 is 1.86 bits per heavy atom. The standard InChI is InChI=1S/C17H21FN2O/c1-12(20-13(2)16-5-3-4-10-19-16)11-17(21)14-6-8-15(18)9-7-14/h3-10,12-13,17,20-21H,11H2,1-2H3. The van der Waals surface area contributed by atoms with Gasteiger partial charge >= 0.3 is 0 Å². The zero-order chi connectivity index (χ0) is 15.2. The number of aliphatic hydroxyl groups excluding tert-OH is 1. The highest BCUT2D eigenvalue weighted by atomic mass is 19.1. The van der Waals surface area contributed by atoms with Gasteiger partial charge in [-0.1, -0.05) is 18.2 Å². The number of rotatable bonds is 6. The lowest BCUT2D eigenvalue weighted by molar-refractivity contribution is 0.151. The Balaban J connectivity index is 1.89. The van der Waals surface area contributed by atoms with Crippen molar-refractivity contribution >= 4 is 0 Å². The molecule has 0 spiro atoms. The molecule has 0 saturated carbocycles. The van der Waals surface area contributed by atoms with Crippen LogP contribution in [-0.2, 0) is 0 Å². The summed E-state index contributed by atoms with van der Waals surface area (Å²) in [4.78, 5) is 4.31. The molecule has 0 aliphatic carbocycles. The maximum atomic E-state index is 12.9. The van der Waals surface area contributed by atoms with E-state index in [0.29, 0.717) is 6.42 Å². The van der Waals surface area contributed by atoms with E-state index >= 15 is 0 Å². The molecule has 4 heteroatoms. The number of nitrogens with zero attached hydrogens (tertiary/aromatic N) is 1. The van der Waals surface area contributed by atoms with Crippen LogP contribution in [-0.4, -0.2) is 16.1 Å². The summed E-state index contributed by atoms with van der Waals surface area (Å²) in [5, 5.41) is 13.6. The molecular weight excluding hydrogens is 267 g/mol. The first-order valence-electron chi connectivity index (χ1n) is 7.16. The Morgan fingerprint density at radius 1 is 1.14 bits per heavy atom. The van der Waals surface area contributed by atoms with Gasteiger partial charge in [0.15, 0.2) is 0 Å². The number of halogens is 1. The summed E-state index contributed by atoms with van der Waals surface area (Å²) in [6, 6.07) is 12.0. The fourth-order valence-electron chi connectivity index (χ4n) is 2.37. The molecule has 2 N–H and O–H groups in total. The number of hydrogen-bond acceptors (Lipinski definition) is 3. The van der Waals surface area contributed by atoms with E-state index in [1.54, 1.807) is 18.3 Å². The molecule has 112 valence electrons. The molecule has 1 aromatic carbocycles. The summed E-state index contributed by atoms with van der Waals surface area (Å²) >= 11 is 0. The summed E-state index contributed by atoms with van der Waals surface area (Å²) in [7, 11) is 0. The van der Waals surface area contributed by atoms with E-state index in [0.717, 1.165) is 11.3 Å². The van der Waals surface area contributed by atoms with Crippen LogP contribution in [0.5, 0.6) is 0 Å². The summed E-state index contributed by atoms with van der Waals surface area (Å²) in [6.07, 6.45) is 1.72. The molecule has 2 rings (SSSR count). The SMILES string of the molecule is CC(CC(O)c1ccc(F)cc1)NC(C)c1ccccn1. The number of aliphatic hydroxyl groups is 1. The van der Waals surface area contributed by atoms with Crippen molar-refractivity contribution < 1.29 is 9.50 Å². The van der Waals surface area contributed by atoms with Gasteiger partial charge in [0.05, 0.1) is 11.8 Å². The van der Waals surface area contributed by atoms with Gasteiger partial charge in [0.2, 0.25) is 0 Å². The van der Waals surface area contributed by atoms with Gasteiger partial charge in [0.1, 0.15) is 5.82 Å². The van der Waals surface area contributed by atoms with E-state index in [9.17, 15) is 9.50 Å². The monoisotopic (exact) mass is 288 g/mol. The first kappa shape index (κ1) is 15.6. The Kier molecular flexibility index (Phi) is 5.42. The molecular formula is C17H21FN2O. The second-order valence-corrected chi connectivity index (χ2v) is 5.35. The topological polar surface area (TPSA) is 45.1 Å². The van der Waals surface area contributed by atoms with Crippen molar-refractivity contribution in [3.63, 3.8) is 0 Å². The van der Waals surface area contributed by atoms with Crippen LogP contribution in [0, 0.1) is 5.82 Å². The van der Waals surface area contributed by atoms with Crippen molar-refractivity contribution in [3.8, 4) is 0 Å². The van der Waals surface area contributed by atoms with Crippen LogP contribution in [0.3, 0.4) is 0 Å². The number of nitrogens with one attached hydrogen (secondary N) is 1. The highest BCUT2D eigenvalue weighted by Crippen LogP contribution is 2.20. The van der Waals surface area contributed by atoms with Crippen molar-refractivity contribution in [1.29, 1.82) is 0 Å². The zero-order valence-corrected chi connectivity index (χ0v) is 12.3. The molecule has 0 aliphatic heterocycles. The van der Waals surface area contributed by atoms with Gasteiger partial charge in [0.25, 0.3) is 0 Å². The Hall–Kier alpha value is -1.78. The van der Waals surface area contributed by atoms with E-state index in [1.807, 2.05) is 32.0 Å². The summed E-state index contributed by atoms with van der Waals surface area (Å²) in [5.74, 6) is -0.291. The number of hydrogen-bond donors (Lipinski definition) is 2. The summed E-state index contributed by atoms with van der Waals surface area (Å²) in [6.45, 7) is 4.06. The minimum Gasteiger partial charge on any atom is -0.388 e. The summed E-state index contributed by atoms with van der Waals surface area (Å²) < 4.78 is 12.9. The molecule has 0 amide bonds. The van der Waals surface area contributed by atoms with Gasteiger partial charge in [-0.3, -0.25) is 4.98 Å². The Morgan fingerprint density at radius 3 is 2.48 bits per heavy atom. The van der Waals surface area contributed by atoms with Crippen molar-refractivity contribution in [2.75, 3.05) is 0 Å². The van der Waals surface area contributed by atoms with Gasteiger partial charge in [0, 0.05) is 18.3 Å². The van der Waals surface area contributed by atoms with Crippen LogP contribution in [0.1, 0.15) is 43.7 Å². The predicted octanol–water partition coefficient (Wildman–Crippen LogP) is 3.38. The average Bonchev–Trinajstić information content (AvgIpc) is 2.48. The molecule has 21 heavy (non-hydrogen) atoms. The molecule has 0 aliphatic rings. The third kappa shape index (κ3) is 4.62. The summed E-state index contributed by atoms with van der Waals surface area (Å²) in [5.41, 5.74) is 1.70. The molecule has 1 heterocycles. The third-order valence-electron chi connectivity index (χ3n) is 3.50. The highest BCUT2D eigenvalue weighted by molar-refractivity contribution is 5.18. The van der Waals surface area contributed by atoms with Crippen LogP contribution < -0.4 is 5.32 Å². The lowest BCUT2D eigenvalue weighted by atomic mass is 10.0. The molecule has 0 bridgehead atoms. The van der Waals surface area contributed by atoms with Gasteiger partial charge < -0.3 is 10.4 Å².